The van der Waals surface area contributed by atoms with E-state index >= 15 is 0 Å². The molecule has 2 aromatic carbocycles. The van der Waals surface area contributed by atoms with E-state index in [1.54, 1.807) is 14.2 Å². The summed E-state index contributed by atoms with van der Waals surface area (Å²) in [5.74, 6) is 4.29. The monoisotopic (exact) mass is 368 g/mol. The topological polar surface area (TPSA) is 46.2 Å². The lowest BCUT2D eigenvalue weighted by Gasteiger charge is -2.38. The molecule has 0 bridgehead atoms. The Morgan fingerprint density at radius 2 is 1.93 bits per heavy atom. The Labute approximate surface area is 159 Å². The van der Waals surface area contributed by atoms with Gasteiger partial charge in [0.1, 0.15) is 40.5 Å². The average Bonchev–Trinajstić information content (AvgIpc) is 3.03. The molecule has 3 aliphatic rings. The lowest BCUT2D eigenvalue weighted by molar-refractivity contribution is 0.0705. The Kier molecular flexibility index (Phi) is 3.51. The molecule has 0 spiro atoms. The maximum atomic E-state index is 6.45. The Hall–Kier alpha value is -2.56. The van der Waals surface area contributed by atoms with Gasteiger partial charge in [0.2, 0.25) is 0 Å². The minimum atomic E-state index is -0.227. The third-order valence-electron chi connectivity index (χ3n) is 5.86. The first-order valence-electron chi connectivity index (χ1n) is 9.41. The fourth-order valence-electron chi connectivity index (χ4n) is 4.40. The lowest BCUT2D eigenvalue weighted by atomic mass is 9.85. The van der Waals surface area contributed by atoms with Crippen molar-refractivity contribution in [2.24, 2.45) is 0 Å². The molecule has 0 N–H and O–H groups in total. The molecule has 2 atom stereocenters. The van der Waals surface area contributed by atoms with E-state index in [9.17, 15) is 0 Å². The summed E-state index contributed by atoms with van der Waals surface area (Å²) < 4.78 is 30.0. The van der Waals surface area contributed by atoms with E-state index in [-0.39, 0.29) is 17.6 Å². The lowest BCUT2D eigenvalue weighted by Crippen LogP contribution is -2.35. The van der Waals surface area contributed by atoms with Gasteiger partial charge in [-0.3, -0.25) is 0 Å². The summed E-state index contributed by atoms with van der Waals surface area (Å²) in [7, 11) is 3.36. The summed E-state index contributed by atoms with van der Waals surface area (Å²) >= 11 is 0. The molecule has 0 radical (unpaired) electrons. The number of methoxy groups -OCH3 is 2. The van der Waals surface area contributed by atoms with Crippen LogP contribution in [0.25, 0.3) is 0 Å². The average molecular weight is 368 g/mol. The van der Waals surface area contributed by atoms with Gasteiger partial charge in [0.15, 0.2) is 0 Å². The molecule has 142 valence electrons. The molecule has 5 nitrogen and oxygen atoms in total. The SMILES string of the molecule is COc1ccc2c(c1)OC1c3c(cc(OC)c4c3OC(C)(C)CC4)OCC21. The molecule has 5 rings (SSSR count). The van der Waals surface area contributed by atoms with E-state index < -0.39 is 0 Å². The van der Waals surface area contributed by atoms with Gasteiger partial charge in [0.05, 0.1) is 32.3 Å². The second-order valence-corrected chi connectivity index (χ2v) is 8.02. The summed E-state index contributed by atoms with van der Waals surface area (Å²) in [6.45, 7) is 4.82. The van der Waals surface area contributed by atoms with Crippen molar-refractivity contribution in [1.29, 1.82) is 0 Å². The van der Waals surface area contributed by atoms with Gasteiger partial charge in [0.25, 0.3) is 0 Å². The van der Waals surface area contributed by atoms with Gasteiger partial charge in [-0.05, 0) is 32.8 Å². The molecule has 5 heteroatoms. The fourth-order valence-corrected chi connectivity index (χ4v) is 4.40. The molecule has 0 fully saturated rings. The molecule has 0 amide bonds. The van der Waals surface area contributed by atoms with Crippen LogP contribution in [0.15, 0.2) is 24.3 Å². The first kappa shape index (κ1) is 16.6. The number of rotatable bonds is 2. The standard InChI is InChI=1S/C22H24O5/c1-22(2)8-7-14-16(24-4)10-18-19(21(14)27-22)20-15(11-25-18)13-6-5-12(23-3)9-17(13)26-20/h5-6,9-10,15,20H,7-8,11H2,1-4H3. The molecular weight excluding hydrogens is 344 g/mol. The summed E-state index contributed by atoms with van der Waals surface area (Å²) in [6.07, 6.45) is 1.74. The molecule has 3 heterocycles. The fraction of sp³-hybridized carbons (Fsp3) is 0.455. The van der Waals surface area contributed by atoms with Crippen LogP contribution < -0.4 is 23.7 Å². The number of hydrogen-bond acceptors (Lipinski definition) is 5. The predicted molar refractivity (Wildman–Crippen MR) is 101 cm³/mol. The number of benzene rings is 2. The Balaban J connectivity index is 1.65. The predicted octanol–water partition coefficient (Wildman–Crippen LogP) is 4.42. The van der Waals surface area contributed by atoms with Crippen LogP contribution >= 0.6 is 0 Å². The molecular formula is C22H24O5. The zero-order chi connectivity index (χ0) is 18.8. The van der Waals surface area contributed by atoms with E-state index in [1.807, 2.05) is 18.2 Å². The van der Waals surface area contributed by atoms with E-state index in [1.165, 1.54) is 0 Å². The zero-order valence-corrected chi connectivity index (χ0v) is 16.1. The summed E-state index contributed by atoms with van der Waals surface area (Å²) in [4.78, 5) is 0. The summed E-state index contributed by atoms with van der Waals surface area (Å²) in [5, 5.41) is 0. The van der Waals surface area contributed by atoms with Crippen molar-refractivity contribution in [3.63, 3.8) is 0 Å². The van der Waals surface area contributed by atoms with Crippen LogP contribution in [0.2, 0.25) is 0 Å². The smallest absolute Gasteiger partial charge is 0.141 e. The molecule has 0 aliphatic carbocycles. The van der Waals surface area contributed by atoms with Crippen molar-refractivity contribution < 1.29 is 23.7 Å². The highest BCUT2D eigenvalue weighted by Crippen LogP contribution is 2.57. The third-order valence-corrected chi connectivity index (χ3v) is 5.86. The van der Waals surface area contributed by atoms with Crippen LogP contribution in [0.4, 0.5) is 0 Å². The normalized spacial score (nSPS) is 23.6. The quantitative estimate of drug-likeness (QED) is 0.785. The van der Waals surface area contributed by atoms with Gasteiger partial charge in [-0.25, -0.2) is 0 Å². The maximum absolute atomic E-state index is 6.45. The zero-order valence-electron chi connectivity index (χ0n) is 16.1. The van der Waals surface area contributed by atoms with E-state index in [4.69, 9.17) is 23.7 Å². The van der Waals surface area contributed by atoms with Gasteiger partial charge < -0.3 is 23.7 Å². The molecule has 0 saturated heterocycles. The maximum Gasteiger partial charge on any atom is 0.141 e. The van der Waals surface area contributed by atoms with Gasteiger partial charge in [-0.2, -0.15) is 0 Å². The van der Waals surface area contributed by atoms with Crippen molar-refractivity contribution >= 4 is 0 Å². The summed E-state index contributed by atoms with van der Waals surface area (Å²) in [6, 6.07) is 7.99. The second kappa shape index (κ2) is 5.72. The van der Waals surface area contributed by atoms with Crippen molar-refractivity contribution in [3.05, 3.63) is 41.0 Å². The second-order valence-electron chi connectivity index (χ2n) is 8.02. The Morgan fingerprint density at radius 1 is 1.07 bits per heavy atom. The van der Waals surface area contributed by atoms with Crippen LogP contribution in [0.1, 0.15) is 49.0 Å². The van der Waals surface area contributed by atoms with Crippen LogP contribution in [-0.2, 0) is 6.42 Å². The first-order chi connectivity index (χ1) is 13.0. The molecule has 0 saturated carbocycles. The van der Waals surface area contributed by atoms with Crippen molar-refractivity contribution in [2.75, 3.05) is 20.8 Å². The van der Waals surface area contributed by atoms with Crippen LogP contribution in [-0.4, -0.2) is 26.4 Å². The molecule has 3 aliphatic heterocycles. The van der Waals surface area contributed by atoms with Crippen molar-refractivity contribution in [2.45, 2.75) is 44.3 Å². The largest absolute Gasteiger partial charge is 0.497 e. The van der Waals surface area contributed by atoms with Gasteiger partial charge in [0, 0.05) is 23.3 Å². The Bertz CT molecular complexity index is 917. The van der Waals surface area contributed by atoms with Gasteiger partial charge in [-0.1, -0.05) is 6.07 Å². The van der Waals surface area contributed by atoms with E-state index in [0.717, 1.165) is 58.3 Å². The molecule has 27 heavy (non-hydrogen) atoms. The van der Waals surface area contributed by atoms with Crippen LogP contribution in [0, 0.1) is 0 Å². The number of fused-ring (bicyclic) bond motifs is 7. The van der Waals surface area contributed by atoms with Crippen LogP contribution in [0.3, 0.4) is 0 Å². The van der Waals surface area contributed by atoms with Crippen molar-refractivity contribution in [1.82, 2.24) is 0 Å². The van der Waals surface area contributed by atoms with Gasteiger partial charge in [-0.15, -0.1) is 0 Å². The molecule has 0 aromatic heterocycles. The highest BCUT2D eigenvalue weighted by molar-refractivity contribution is 5.62. The number of hydrogen-bond donors (Lipinski definition) is 0. The highest BCUT2D eigenvalue weighted by atomic mass is 16.5. The summed E-state index contributed by atoms with van der Waals surface area (Å²) in [5.41, 5.74) is 3.04. The van der Waals surface area contributed by atoms with Gasteiger partial charge >= 0.3 is 0 Å². The van der Waals surface area contributed by atoms with Crippen LogP contribution in [0.5, 0.6) is 28.7 Å². The first-order valence-corrected chi connectivity index (χ1v) is 9.41. The number of ether oxygens (including phenoxy) is 5. The minimum absolute atomic E-state index is 0.121. The molecule has 2 aromatic rings. The Morgan fingerprint density at radius 3 is 2.70 bits per heavy atom. The van der Waals surface area contributed by atoms with Crippen molar-refractivity contribution in [3.8, 4) is 28.7 Å². The molecule has 2 unspecified atom stereocenters. The third kappa shape index (κ3) is 2.44. The minimum Gasteiger partial charge on any atom is -0.497 e. The highest BCUT2D eigenvalue weighted by Gasteiger charge is 2.45. The van der Waals surface area contributed by atoms with E-state index in [0.29, 0.717) is 6.61 Å². The van der Waals surface area contributed by atoms with E-state index in [2.05, 4.69) is 19.9 Å².